The van der Waals surface area contributed by atoms with Gasteiger partial charge in [0.25, 0.3) is 0 Å². The van der Waals surface area contributed by atoms with Crippen molar-refractivity contribution in [1.82, 2.24) is 15.3 Å². The van der Waals surface area contributed by atoms with Gasteiger partial charge in [-0.3, -0.25) is 0 Å². The Kier molecular flexibility index (Phi) is 5.03. The first-order valence-electron chi connectivity index (χ1n) is 7.25. The van der Waals surface area contributed by atoms with Gasteiger partial charge in [-0.15, -0.1) is 0 Å². The highest BCUT2D eigenvalue weighted by molar-refractivity contribution is 5.31. The predicted octanol–water partition coefficient (Wildman–Crippen LogP) is 2.71. The van der Waals surface area contributed by atoms with E-state index < -0.39 is 11.9 Å². The van der Waals surface area contributed by atoms with Crippen molar-refractivity contribution in [2.45, 2.75) is 38.9 Å². The van der Waals surface area contributed by atoms with Crippen LogP contribution < -0.4 is 10.2 Å². The molecule has 0 aromatic carbocycles. The summed E-state index contributed by atoms with van der Waals surface area (Å²) in [6.45, 7) is 6.30. The third kappa shape index (κ3) is 4.56. The normalized spacial score (nSPS) is 19.2. The molecule has 118 valence electrons. The van der Waals surface area contributed by atoms with E-state index in [-0.39, 0.29) is 5.95 Å². The molecule has 0 amide bonds. The molecule has 2 rings (SSSR count). The first kappa shape index (κ1) is 16.0. The van der Waals surface area contributed by atoms with Crippen LogP contribution in [0.5, 0.6) is 0 Å². The molecule has 1 aromatic rings. The fourth-order valence-corrected chi connectivity index (χ4v) is 2.52. The molecule has 21 heavy (non-hydrogen) atoms. The SMILES string of the molecule is CC(C)CN(CC1CCCN1)c1nccc(C(F)(F)F)n1. The number of nitrogens with one attached hydrogen (secondary N) is 1. The van der Waals surface area contributed by atoms with E-state index in [0.29, 0.717) is 25.0 Å². The van der Waals surface area contributed by atoms with Gasteiger partial charge in [0.15, 0.2) is 0 Å². The number of alkyl halides is 3. The van der Waals surface area contributed by atoms with E-state index >= 15 is 0 Å². The van der Waals surface area contributed by atoms with E-state index in [9.17, 15) is 13.2 Å². The van der Waals surface area contributed by atoms with E-state index in [1.165, 1.54) is 6.20 Å². The molecular formula is C14H21F3N4. The number of anilines is 1. The Bertz CT molecular complexity index is 456. The zero-order valence-corrected chi connectivity index (χ0v) is 12.3. The standard InChI is InChI=1S/C14H21F3N4/c1-10(2)8-21(9-11-4-3-6-18-11)13-19-7-5-12(20-13)14(15,16)17/h5,7,10-11,18H,3-4,6,8-9H2,1-2H3. The minimum absolute atomic E-state index is 0.159. The molecule has 1 N–H and O–H groups in total. The maximum Gasteiger partial charge on any atom is 0.433 e. The Labute approximate surface area is 122 Å². The van der Waals surface area contributed by atoms with Crippen molar-refractivity contribution in [3.63, 3.8) is 0 Å². The molecule has 0 bridgehead atoms. The van der Waals surface area contributed by atoms with Crippen LogP contribution in [0.25, 0.3) is 0 Å². The van der Waals surface area contributed by atoms with Crippen molar-refractivity contribution in [2.24, 2.45) is 5.92 Å². The van der Waals surface area contributed by atoms with Crippen molar-refractivity contribution in [3.8, 4) is 0 Å². The number of aromatic nitrogens is 2. The minimum atomic E-state index is -4.44. The summed E-state index contributed by atoms with van der Waals surface area (Å²) < 4.78 is 38.3. The molecule has 7 heteroatoms. The number of nitrogens with zero attached hydrogens (tertiary/aromatic N) is 3. The molecule has 1 unspecified atom stereocenters. The van der Waals surface area contributed by atoms with Gasteiger partial charge in [-0.25, -0.2) is 9.97 Å². The molecule has 1 saturated heterocycles. The van der Waals surface area contributed by atoms with Crippen LogP contribution in [0.4, 0.5) is 19.1 Å². The molecule has 2 heterocycles. The second-order valence-electron chi connectivity index (χ2n) is 5.83. The van der Waals surface area contributed by atoms with E-state index in [4.69, 9.17) is 0 Å². The monoisotopic (exact) mass is 302 g/mol. The summed E-state index contributed by atoms with van der Waals surface area (Å²) in [5.74, 6) is 0.483. The first-order valence-corrected chi connectivity index (χ1v) is 7.25. The van der Waals surface area contributed by atoms with Gasteiger partial charge in [0.2, 0.25) is 5.95 Å². The van der Waals surface area contributed by atoms with Crippen LogP contribution >= 0.6 is 0 Å². The molecule has 0 saturated carbocycles. The summed E-state index contributed by atoms with van der Waals surface area (Å²) in [5, 5.41) is 3.36. The summed E-state index contributed by atoms with van der Waals surface area (Å²) in [7, 11) is 0. The summed E-state index contributed by atoms with van der Waals surface area (Å²) in [4.78, 5) is 9.59. The van der Waals surface area contributed by atoms with E-state index in [1.54, 1.807) is 0 Å². The van der Waals surface area contributed by atoms with Crippen LogP contribution in [0.3, 0.4) is 0 Å². The average Bonchev–Trinajstić information content (AvgIpc) is 2.89. The molecule has 1 atom stereocenters. The van der Waals surface area contributed by atoms with Crippen LogP contribution in [0.2, 0.25) is 0 Å². The lowest BCUT2D eigenvalue weighted by Crippen LogP contribution is -2.40. The van der Waals surface area contributed by atoms with Crippen molar-refractivity contribution < 1.29 is 13.2 Å². The van der Waals surface area contributed by atoms with Crippen LogP contribution in [0.15, 0.2) is 12.3 Å². The minimum Gasteiger partial charge on any atom is -0.339 e. The van der Waals surface area contributed by atoms with Gasteiger partial charge in [-0.05, 0) is 31.4 Å². The first-order chi connectivity index (χ1) is 9.86. The largest absolute Gasteiger partial charge is 0.433 e. The van der Waals surface area contributed by atoms with Gasteiger partial charge in [0.1, 0.15) is 5.69 Å². The van der Waals surface area contributed by atoms with E-state index in [2.05, 4.69) is 15.3 Å². The smallest absolute Gasteiger partial charge is 0.339 e. The summed E-state index contributed by atoms with van der Waals surface area (Å²) in [5.41, 5.74) is -0.888. The Morgan fingerprint density at radius 1 is 1.43 bits per heavy atom. The quantitative estimate of drug-likeness (QED) is 0.908. The van der Waals surface area contributed by atoms with Crippen molar-refractivity contribution in [3.05, 3.63) is 18.0 Å². The van der Waals surface area contributed by atoms with Gasteiger partial charge >= 0.3 is 6.18 Å². The van der Waals surface area contributed by atoms with Gasteiger partial charge in [0.05, 0.1) is 0 Å². The fourth-order valence-electron chi connectivity index (χ4n) is 2.52. The van der Waals surface area contributed by atoms with Crippen LogP contribution in [0, 0.1) is 5.92 Å². The summed E-state index contributed by atoms with van der Waals surface area (Å²) >= 11 is 0. The maximum atomic E-state index is 12.8. The Morgan fingerprint density at radius 3 is 2.76 bits per heavy atom. The molecule has 1 fully saturated rings. The summed E-state index contributed by atoms with van der Waals surface area (Å²) in [6, 6.07) is 1.20. The molecule has 0 aliphatic carbocycles. The summed E-state index contributed by atoms with van der Waals surface area (Å²) in [6.07, 6.45) is -1.12. The average molecular weight is 302 g/mol. The lowest BCUT2D eigenvalue weighted by Gasteiger charge is -2.27. The number of hydrogen-bond donors (Lipinski definition) is 1. The maximum absolute atomic E-state index is 12.8. The lowest BCUT2D eigenvalue weighted by atomic mass is 10.1. The zero-order valence-electron chi connectivity index (χ0n) is 12.3. The Hall–Kier alpha value is -1.37. The molecular weight excluding hydrogens is 281 g/mol. The number of halogens is 3. The highest BCUT2D eigenvalue weighted by atomic mass is 19.4. The van der Waals surface area contributed by atoms with Crippen molar-refractivity contribution >= 4 is 5.95 Å². The fraction of sp³-hybridized carbons (Fsp3) is 0.714. The van der Waals surface area contributed by atoms with Gasteiger partial charge < -0.3 is 10.2 Å². The third-order valence-corrected chi connectivity index (χ3v) is 3.40. The number of rotatable bonds is 5. The van der Waals surface area contributed by atoms with Crippen LogP contribution in [0.1, 0.15) is 32.4 Å². The van der Waals surface area contributed by atoms with Gasteiger partial charge in [-0.1, -0.05) is 13.8 Å². The lowest BCUT2D eigenvalue weighted by molar-refractivity contribution is -0.141. The zero-order chi connectivity index (χ0) is 15.5. The number of hydrogen-bond acceptors (Lipinski definition) is 4. The molecule has 1 aliphatic rings. The Morgan fingerprint density at radius 2 is 2.19 bits per heavy atom. The second-order valence-corrected chi connectivity index (χ2v) is 5.83. The highest BCUT2D eigenvalue weighted by Gasteiger charge is 2.33. The van der Waals surface area contributed by atoms with E-state index in [0.717, 1.165) is 25.5 Å². The van der Waals surface area contributed by atoms with Crippen molar-refractivity contribution in [1.29, 1.82) is 0 Å². The van der Waals surface area contributed by atoms with Crippen LogP contribution in [-0.4, -0.2) is 35.6 Å². The molecule has 4 nitrogen and oxygen atoms in total. The van der Waals surface area contributed by atoms with Crippen LogP contribution in [-0.2, 0) is 6.18 Å². The molecule has 0 radical (unpaired) electrons. The Balaban J connectivity index is 2.18. The molecule has 1 aromatic heterocycles. The second kappa shape index (κ2) is 6.60. The van der Waals surface area contributed by atoms with Gasteiger partial charge in [-0.2, -0.15) is 13.2 Å². The molecule has 1 aliphatic heterocycles. The van der Waals surface area contributed by atoms with Gasteiger partial charge in [0, 0.05) is 25.3 Å². The highest BCUT2D eigenvalue weighted by Crippen LogP contribution is 2.28. The topological polar surface area (TPSA) is 41.0 Å². The molecule has 0 spiro atoms. The van der Waals surface area contributed by atoms with Crippen molar-refractivity contribution in [2.75, 3.05) is 24.5 Å². The third-order valence-electron chi connectivity index (χ3n) is 3.40. The predicted molar refractivity (Wildman–Crippen MR) is 75.1 cm³/mol. The van der Waals surface area contributed by atoms with E-state index in [1.807, 2.05) is 18.7 Å².